The highest BCUT2D eigenvalue weighted by atomic mass is 16.3. The van der Waals surface area contributed by atoms with Gasteiger partial charge in [0.05, 0.1) is 18.3 Å². The molecule has 4 rings (SSSR count). The highest BCUT2D eigenvalue weighted by Crippen LogP contribution is 2.33. The number of hydrogen-bond donors (Lipinski definition) is 3. The van der Waals surface area contributed by atoms with E-state index >= 15 is 0 Å². The Morgan fingerprint density at radius 2 is 2.00 bits per heavy atom. The maximum Gasteiger partial charge on any atom is 0.0681 e. The summed E-state index contributed by atoms with van der Waals surface area (Å²) in [4.78, 5) is 7.17. The third-order valence-corrected chi connectivity index (χ3v) is 6.57. The molecular formula is C26H34N4O. The van der Waals surface area contributed by atoms with Crippen LogP contribution < -0.4 is 11.1 Å². The van der Waals surface area contributed by atoms with Gasteiger partial charge in [-0.2, -0.15) is 0 Å². The number of benzene rings is 1. The molecular weight excluding hydrogens is 384 g/mol. The molecule has 1 saturated heterocycles. The minimum atomic E-state index is 0.0459. The van der Waals surface area contributed by atoms with Gasteiger partial charge in [0.25, 0.3) is 0 Å². The minimum absolute atomic E-state index is 0.0459. The quantitative estimate of drug-likeness (QED) is 0.664. The van der Waals surface area contributed by atoms with Crippen molar-refractivity contribution in [2.45, 2.75) is 64.9 Å². The smallest absolute Gasteiger partial charge is 0.0681 e. The largest absolute Gasteiger partial charge is 0.392 e. The van der Waals surface area contributed by atoms with Crippen LogP contribution in [0.25, 0.3) is 0 Å². The molecule has 5 heteroatoms. The third-order valence-electron chi connectivity index (χ3n) is 6.57. The van der Waals surface area contributed by atoms with E-state index in [0.29, 0.717) is 12.6 Å². The molecule has 2 aromatic rings. The molecule has 2 aliphatic heterocycles. The van der Waals surface area contributed by atoms with Crippen LogP contribution in [0.5, 0.6) is 0 Å². The normalized spacial score (nSPS) is 21.6. The molecule has 3 heterocycles. The topological polar surface area (TPSA) is 74.4 Å². The Hall–Kier alpha value is -2.47. The van der Waals surface area contributed by atoms with Crippen LogP contribution in [0.15, 0.2) is 60.0 Å². The van der Waals surface area contributed by atoms with Gasteiger partial charge in [-0.05, 0) is 67.0 Å². The number of allylic oxidation sites excluding steroid dienone is 2. The molecule has 2 aliphatic rings. The van der Waals surface area contributed by atoms with Crippen molar-refractivity contribution in [2.75, 3.05) is 6.54 Å². The van der Waals surface area contributed by atoms with Gasteiger partial charge in [-0.15, -0.1) is 0 Å². The van der Waals surface area contributed by atoms with E-state index in [4.69, 9.17) is 5.73 Å². The summed E-state index contributed by atoms with van der Waals surface area (Å²) in [6.07, 6.45) is 9.83. The highest BCUT2D eigenvalue weighted by Gasteiger charge is 2.30. The van der Waals surface area contributed by atoms with Gasteiger partial charge in [0.15, 0.2) is 0 Å². The van der Waals surface area contributed by atoms with Crippen LogP contribution in [0, 0.1) is 6.92 Å². The first-order chi connectivity index (χ1) is 15.1. The first-order valence-corrected chi connectivity index (χ1v) is 11.3. The number of nitrogens with two attached hydrogens (primary N) is 1. The number of aliphatic hydroxyl groups is 1. The molecule has 0 aliphatic carbocycles. The molecule has 164 valence electrons. The van der Waals surface area contributed by atoms with Gasteiger partial charge >= 0.3 is 0 Å². The molecule has 4 N–H and O–H groups in total. The Kier molecular flexibility index (Phi) is 6.86. The van der Waals surface area contributed by atoms with Gasteiger partial charge in [0, 0.05) is 37.6 Å². The lowest BCUT2D eigenvalue weighted by atomic mass is 9.90. The Morgan fingerprint density at radius 1 is 1.16 bits per heavy atom. The molecule has 0 bridgehead atoms. The van der Waals surface area contributed by atoms with E-state index in [0.717, 1.165) is 37.1 Å². The van der Waals surface area contributed by atoms with E-state index in [2.05, 4.69) is 53.3 Å². The summed E-state index contributed by atoms with van der Waals surface area (Å²) in [5.74, 6) is 0. The second-order valence-corrected chi connectivity index (χ2v) is 8.72. The van der Waals surface area contributed by atoms with Gasteiger partial charge in [0.1, 0.15) is 0 Å². The summed E-state index contributed by atoms with van der Waals surface area (Å²) in [6, 6.07) is 10.9. The van der Waals surface area contributed by atoms with Crippen molar-refractivity contribution < 1.29 is 5.11 Å². The first-order valence-electron chi connectivity index (χ1n) is 11.3. The Bertz CT molecular complexity index is 981. The fourth-order valence-corrected chi connectivity index (χ4v) is 4.99. The summed E-state index contributed by atoms with van der Waals surface area (Å²) >= 11 is 0. The molecule has 1 aromatic carbocycles. The number of nitrogens with one attached hydrogen (secondary N) is 1. The van der Waals surface area contributed by atoms with E-state index in [1.165, 1.54) is 34.5 Å². The number of rotatable bonds is 6. The number of hydrogen-bond acceptors (Lipinski definition) is 5. The summed E-state index contributed by atoms with van der Waals surface area (Å²) in [5.41, 5.74) is 14.4. The number of aryl methyl sites for hydroxylation is 1. The van der Waals surface area contributed by atoms with Gasteiger partial charge in [0.2, 0.25) is 0 Å². The molecule has 0 unspecified atom stereocenters. The first kappa shape index (κ1) is 21.8. The molecule has 1 fully saturated rings. The number of aliphatic hydroxyl groups excluding tert-OH is 1. The summed E-state index contributed by atoms with van der Waals surface area (Å²) in [5, 5.41) is 13.4. The zero-order valence-corrected chi connectivity index (χ0v) is 18.6. The van der Waals surface area contributed by atoms with Gasteiger partial charge in [-0.25, -0.2) is 0 Å². The van der Waals surface area contributed by atoms with Gasteiger partial charge in [-0.1, -0.05) is 36.4 Å². The van der Waals surface area contributed by atoms with Crippen LogP contribution in [0.2, 0.25) is 0 Å². The van der Waals surface area contributed by atoms with Crippen molar-refractivity contribution >= 4 is 0 Å². The highest BCUT2D eigenvalue weighted by molar-refractivity contribution is 5.36. The monoisotopic (exact) mass is 418 g/mol. The Morgan fingerprint density at radius 3 is 2.77 bits per heavy atom. The van der Waals surface area contributed by atoms with Crippen molar-refractivity contribution in [1.29, 1.82) is 0 Å². The van der Waals surface area contributed by atoms with Crippen molar-refractivity contribution in [3.63, 3.8) is 0 Å². The third kappa shape index (κ3) is 4.74. The molecule has 0 saturated carbocycles. The van der Waals surface area contributed by atoms with E-state index in [-0.39, 0.29) is 12.6 Å². The van der Waals surface area contributed by atoms with Crippen LogP contribution in [0.4, 0.5) is 0 Å². The molecule has 0 amide bonds. The number of aromatic nitrogens is 1. The fraction of sp³-hybridized carbons (Fsp3) is 0.423. The Labute approximate surface area is 185 Å². The lowest BCUT2D eigenvalue weighted by Crippen LogP contribution is -2.45. The predicted molar refractivity (Wildman–Crippen MR) is 125 cm³/mol. The van der Waals surface area contributed by atoms with Crippen molar-refractivity contribution in [2.24, 2.45) is 5.73 Å². The lowest BCUT2D eigenvalue weighted by Gasteiger charge is -2.40. The van der Waals surface area contributed by atoms with E-state index in [1.54, 1.807) is 0 Å². The maximum absolute atomic E-state index is 9.47. The molecule has 5 nitrogen and oxygen atoms in total. The van der Waals surface area contributed by atoms with E-state index < -0.39 is 0 Å². The van der Waals surface area contributed by atoms with Crippen LogP contribution in [-0.4, -0.2) is 27.6 Å². The summed E-state index contributed by atoms with van der Waals surface area (Å²) in [6.45, 7) is 6.61. The van der Waals surface area contributed by atoms with Gasteiger partial charge < -0.3 is 21.1 Å². The minimum Gasteiger partial charge on any atom is -0.392 e. The standard InChI is InChI=1S/C26H34N4O/c1-18-6-4-12-28-25(18)23-8-3-9-24(29-23)26-19(2)7-5-13-30(26)16-21-11-10-20(17-31)14-22(21)15-27/h4-7,10-12,14,23-24,29,31H,3,8-9,13,15-17,27H2,1-2H3/t23-,24+/m0/s1. The SMILES string of the molecule is CC1=C([C@H]2CCC[C@@H](c3ncccc3C)N2)N(Cc2ccc(CO)cc2CN)CC=C1. The molecule has 31 heavy (non-hydrogen) atoms. The van der Waals surface area contributed by atoms with Crippen molar-refractivity contribution in [1.82, 2.24) is 15.2 Å². The second kappa shape index (κ2) is 9.77. The summed E-state index contributed by atoms with van der Waals surface area (Å²) < 4.78 is 0. The fourth-order valence-electron chi connectivity index (χ4n) is 4.99. The zero-order valence-electron chi connectivity index (χ0n) is 18.6. The average Bonchev–Trinajstić information content (AvgIpc) is 2.80. The molecule has 0 radical (unpaired) electrons. The van der Waals surface area contributed by atoms with Crippen LogP contribution in [0.3, 0.4) is 0 Å². The van der Waals surface area contributed by atoms with Crippen LogP contribution in [-0.2, 0) is 19.7 Å². The van der Waals surface area contributed by atoms with Crippen molar-refractivity contribution in [3.05, 3.63) is 87.9 Å². The zero-order chi connectivity index (χ0) is 21.8. The Balaban J connectivity index is 1.58. The molecule has 1 aromatic heterocycles. The predicted octanol–water partition coefficient (Wildman–Crippen LogP) is 3.87. The lowest BCUT2D eigenvalue weighted by molar-refractivity contribution is 0.266. The van der Waals surface area contributed by atoms with Crippen molar-refractivity contribution in [3.8, 4) is 0 Å². The van der Waals surface area contributed by atoms with E-state index in [1.807, 2.05) is 24.4 Å². The summed E-state index contributed by atoms with van der Waals surface area (Å²) in [7, 11) is 0. The average molecular weight is 419 g/mol. The molecule has 0 spiro atoms. The van der Waals surface area contributed by atoms with E-state index in [9.17, 15) is 5.11 Å². The van der Waals surface area contributed by atoms with Gasteiger partial charge in [-0.3, -0.25) is 4.98 Å². The maximum atomic E-state index is 9.47. The van der Waals surface area contributed by atoms with Crippen LogP contribution in [0.1, 0.15) is 60.2 Å². The molecule has 2 atom stereocenters. The number of pyridine rings is 1. The van der Waals surface area contributed by atoms with Crippen LogP contribution >= 0.6 is 0 Å². The number of nitrogens with zero attached hydrogens (tertiary/aromatic N) is 2. The second-order valence-electron chi connectivity index (χ2n) is 8.72. The number of piperidine rings is 1.